The summed E-state index contributed by atoms with van der Waals surface area (Å²) >= 11 is 0. The van der Waals surface area contributed by atoms with Crippen molar-refractivity contribution < 1.29 is 10.2 Å². The molecule has 3 heteroatoms. The first-order chi connectivity index (χ1) is 8.56. The van der Waals surface area contributed by atoms with E-state index in [2.05, 4.69) is 13.8 Å². The van der Waals surface area contributed by atoms with Crippen LogP contribution in [0.3, 0.4) is 0 Å². The van der Waals surface area contributed by atoms with Crippen molar-refractivity contribution >= 4 is 24.7 Å². The third-order valence-electron chi connectivity index (χ3n) is 3.41. The molecule has 2 aromatic carbocycles. The number of benzene rings is 2. The fourth-order valence-electron chi connectivity index (χ4n) is 2.05. The van der Waals surface area contributed by atoms with Gasteiger partial charge in [-0.05, 0) is 19.0 Å². The molecule has 2 N–H and O–H groups in total. The summed E-state index contributed by atoms with van der Waals surface area (Å²) in [5.41, 5.74) is 1.33. The van der Waals surface area contributed by atoms with E-state index in [0.717, 1.165) is 28.1 Å². The van der Waals surface area contributed by atoms with Crippen LogP contribution in [0, 0.1) is 6.92 Å². The van der Waals surface area contributed by atoms with Gasteiger partial charge in [-0.25, -0.2) is 0 Å². The van der Waals surface area contributed by atoms with Gasteiger partial charge in [0.15, 0.2) is 0 Å². The molecule has 0 amide bonds. The second-order valence-electron chi connectivity index (χ2n) is 4.70. The van der Waals surface area contributed by atoms with Crippen LogP contribution in [0.15, 0.2) is 24.3 Å². The second kappa shape index (κ2) is 5.16. The number of rotatable bonds is 3. The Morgan fingerprint density at radius 3 is 2.22 bits per heavy atom. The molecular formula is C15H19O2P. The van der Waals surface area contributed by atoms with Gasteiger partial charge in [0.2, 0.25) is 0 Å². The summed E-state index contributed by atoms with van der Waals surface area (Å²) in [6, 6.07) is 7.45. The second-order valence-corrected chi connectivity index (χ2v) is 6.47. The van der Waals surface area contributed by atoms with Gasteiger partial charge in [0.25, 0.3) is 0 Å². The van der Waals surface area contributed by atoms with Crippen LogP contribution >= 0.6 is 8.58 Å². The van der Waals surface area contributed by atoms with E-state index < -0.39 is 0 Å². The van der Waals surface area contributed by atoms with Crippen molar-refractivity contribution in [2.45, 2.75) is 32.9 Å². The fraction of sp³-hybridized carbons (Fsp3) is 0.333. The SMILES string of the molecule is CCC(C)Pc1c(C)c(O)c2ccccc2c1O. The molecule has 0 aliphatic carbocycles. The van der Waals surface area contributed by atoms with Crippen LogP contribution in [0.1, 0.15) is 25.8 Å². The molecule has 0 bridgehead atoms. The minimum atomic E-state index is 0.300. The van der Waals surface area contributed by atoms with Crippen LogP contribution in [0.4, 0.5) is 0 Å². The lowest BCUT2D eigenvalue weighted by atomic mass is 10.0. The molecule has 0 spiro atoms. The molecule has 2 unspecified atom stereocenters. The number of hydrogen-bond donors (Lipinski definition) is 2. The fourth-order valence-corrected chi connectivity index (χ4v) is 3.36. The Morgan fingerprint density at radius 1 is 1.11 bits per heavy atom. The average Bonchev–Trinajstić information content (AvgIpc) is 2.40. The number of phenolic OH excluding ortho intramolecular Hbond substituents is 2. The lowest BCUT2D eigenvalue weighted by Crippen LogP contribution is -2.07. The highest BCUT2D eigenvalue weighted by Gasteiger charge is 2.16. The first kappa shape index (κ1) is 13.2. The number of fused-ring (bicyclic) bond motifs is 1. The molecule has 0 aliphatic heterocycles. The number of phenols is 2. The van der Waals surface area contributed by atoms with Crippen molar-refractivity contribution in [2.24, 2.45) is 0 Å². The third-order valence-corrected chi connectivity index (χ3v) is 5.21. The van der Waals surface area contributed by atoms with E-state index in [4.69, 9.17) is 0 Å². The van der Waals surface area contributed by atoms with Gasteiger partial charge in [-0.3, -0.25) is 0 Å². The highest BCUT2D eigenvalue weighted by atomic mass is 31.1. The van der Waals surface area contributed by atoms with Crippen LogP contribution in [0.2, 0.25) is 0 Å². The maximum Gasteiger partial charge on any atom is 0.131 e. The molecule has 96 valence electrons. The van der Waals surface area contributed by atoms with E-state index in [-0.39, 0.29) is 0 Å². The normalized spacial score (nSPS) is 13.5. The van der Waals surface area contributed by atoms with E-state index in [1.165, 1.54) is 0 Å². The average molecular weight is 262 g/mol. The predicted octanol–water partition coefficient (Wildman–Crippen LogP) is 3.66. The molecule has 0 heterocycles. The summed E-state index contributed by atoms with van der Waals surface area (Å²) in [7, 11) is 0.526. The minimum absolute atomic E-state index is 0.300. The molecule has 0 aromatic heterocycles. The van der Waals surface area contributed by atoms with Gasteiger partial charge < -0.3 is 10.2 Å². The summed E-state index contributed by atoms with van der Waals surface area (Å²) in [6.07, 6.45) is 1.07. The minimum Gasteiger partial charge on any atom is -0.507 e. The Labute approximate surface area is 109 Å². The molecule has 0 fully saturated rings. The maximum absolute atomic E-state index is 10.4. The highest BCUT2D eigenvalue weighted by Crippen LogP contribution is 2.38. The van der Waals surface area contributed by atoms with Gasteiger partial charge >= 0.3 is 0 Å². The largest absolute Gasteiger partial charge is 0.507 e. The molecular weight excluding hydrogens is 243 g/mol. The van der Waals surface area contributed by atoms with Crippen molar-refractivity contribution in [3.05, 3.63) is 29.8 Å². The Hall–Kier alpha value is -1.27. The molecule has 0 saturated carbocycles. The van der Waals surface area contributed by atoms with Crippen LogP contribution < -0.4 is 5.30 Å². The van der Waals surface area contributed by atoms with Crippen LogP contribution in [0.5, 0.6) is 11.5 Å². The van der Waals surface area contributed by atoms with E-state index >= 15 is 0 Å². The highest BCUT2D eigenvalue weighted by molar-refractivity contribution is 7.48. The molecule has 18 heavy (non-hydrogen) atoms. The monoisotopic (exact) mass is 262 g/mol. The topological polar surface area (TPSA) is 40.5 Å². The van der Waals surface area contributed by atoms with E-state index in [1.807, 2.05) is 31.2 Å². The van der Waals surface area contributed by atoms with E-state index in [1.54, 1.807) is 0 Å². The summed E-state index contributed by atoms with van der Waals surface area (Å²) in [4.78, 5) is 0. The lowest BCUT2D eigenvalue weighted by Gasteiger charge is -2.16. The Bertz CT molecular complexity index is 578. The maximum atomic E-state index is 10.4. The smallest absolute Gasteiger partial charge is 0.131 e. The van der Waals surface area contributed by atoms with Crippen molar-refractivity contribution in [3.8, 4) is 11.5 Å². The zero-order valence-corrected chi connectivity index (χ0v) is 12.0. The zero-order chi connectivity index (χ0) is 13.3. The van der Waals surface area contributed by atoms with Crippen LogP contribution in [-0.4, -0.2) is 15.9 Å². The van der Waals surface area contributed by atoms with Crippen molar-refractivity contribution in [2.75, 3.05) is 0 Å². The number of hydrogen-bond acceptors (Lipinski definition) is 2. The molecule has 0 aliphatic rings. The van der Waals surface area contributed by atoms with Crippen molar-refractivity contribution in [1.29, 1.82) is 0 Å². The van der Waals surface area contributed by atoms with Crippen molar-refractivity contribution in [3.63, 3.8) is 0 Å². The number of aromatic hydroxyl groups is 2. The first-order valence-corrected chi connectivity index (χ1v) is 7.33. The van der Waals surface area contributed by atoms with Gasteiger partial charge in [-0.2, -0.15) is 0 Å². The predicted molar refractivity (Wildman–Crippen MR) is 79.7 cm³/mol. The zero-order valence-electron chi connectivity index (χ0n) is 11.0. The summed E-state index contributed by atoms with van der Waals surface area (Å²) in [6.45, 7) is 6.20. The molecule has 0 saturated heterocycles. The molecule has 2 atom stereocenters. The van der Waals surface area contributed by atoms with Gasteiger partial charge in [-0.1, -0.05) is 46.7 Å². The van der Waals surface area contributed by atoms with Crippen molar-refractivity contribution in [1.82, 2.24) is 0 Å². The Morgan fingerprint density at radius 2 is 1.67 bits per heavy atom. The van der Waals surface area contributed by atoms with Gasteiger partial charge in [0.1, 0.15) is 11.5 Å². The van der Waals surface area contributed by atoms with Gasteiger partial charge in [-0.15, -0.1) is 0 Å². The van der Waals surface area contributed by atoms with Gasteiger partial charge in [0, 0.05) is 21.6 Å². The Kier molecular flexibility index (Phi) is 3.77. The van der Waals surface area contributed by atoms with Gasteiger partial charge in [0.05, 0.1) is 0 Å². The van der Waals surface area contributed by atoms with E-state index in [9.17, 15) is 10.2 Å². The Balaban J connectivity index is 2.67. The summed E-state index contributed by atoms with van der Waals surface area (Å²) in [5, 5.41) is 23.0. The molecule has 0 radical (unpaired) electrons. The lowest BCUT2D eigenvalue weighted by molar-refractivity contribution is 0.469. The summed E-state index contributed by atoms with van der Waals surface area (Å²) in [5.74, 6) is 0.633. The van der Waals surface area contributed by atoms with Crippen LogP contribution in [0.25, 0.3) is 10.8 Å². The molecule has 2 aromatic rings. The first-order valence-electron chi connectivity index (χ1n) is 6.26. The van der Waals surface area contributed by atoms with E-state index in [0.29, 0.717) is 25.7 Å². The molecule has 2 nitrogen and oxygen atoms in total. The third kappa shape index (κ3) is 2.18. The van der Waals surface area contributed by atoms with Crippen LogP contribution in [-0.2, 0) is 0 Å². The summed E-state index contributed by atoms with van der Waals surface area (Å²) < 4.78 is 0. The standard InChI is InChI=1S/C15H19O2P/c1-4-9(2)18-15-10(3)13(16)11-7-5-6-8-12(11)14(15)17/h5-9,16-18H,4H2,1-3H3. The quantitative estimate of drug-likeness (QED) is 0.654. The molecule has 2 rings (SSSR count).